The van der Waals surface area contributed by atoms with Crippen molar-refractivity contribution in [2.75, 3.05) is 18.1 Å². The lowest BCUT2D eigenvalue weighted by Crippen LogP contribution is -2.54. The van der Waals surface area contributed by atoms with Crippen LogP contribution in [0.5, 0.6) is 0 Å². The number of para-hydroxylation sites is 1. The third-order valence-corrected chi connectivity index (χ3v) is 2.04. The molecule has 58 valence electrons. The van der Waals surface area contributed by atoms with Gasteiger partial charge in [-0.3, -0.25) is 0 Å². The molecule has 0 aromatic heterocycles. The largest absolute Gasteiger partial charge is 0.307 e. The summed E-state index contributed by atoms with van der Waals surface area (Å²) in [5, 5.41) is 2.18. The first-order chi connectivity index (χ1) is 5.38. The van der Waals surface area contributed by atoms with Gasteiger partial charge in [-0.2, -0.15) is 0 Å². The van der Waals surface area contributed by atoms with Gasteiger partial charge in [0.25, 0.3) is 0 Å². The Morgan fingerprint density at radius 3 is 2.64 bits per heavy atom. The van der Waals surface area contributed by atoms with Gasteiger partial charge in [0.2, 0.25) is 0 Å². The van der Waals surface area contributed by atoms with E-state index >= 15 is 0 Å². The lowest BCUT2D eigenvalue weighted by molar-refractivity contribution is 0.514. The van der Waals surface area contributed by atoms with E-state index in [0.29, 0.717) is 0 Å². The zero-order valence-corrected chi connectivity index (χ0v) is 6.67. The molecule has 0 unspecified atom stereocenters. The molecule has 0 bridgehead atoms. The third kappa shape index (κ3) is 1.10. The summed E-state index contributed by atoms with van der Waals surface area (Å²) in [5.41, 5.74) is 5.87. The van der Waals surface area contributed by atoms with Crippen LogP contribution in [-0.4, -0.2) is 13.1 Å². The standard InChI is InChI=1S/C9H12N2/c1-8-4-2-3-5-9(8)11-7-6-10-11/h2-5,10H,6-7H2,1H3. The van der Waals surface area contributed by atoms with Crippen molar-refractivity contribution < 1.29 is 0 Å². The Bertz CT molecular complexity index is 253. The first kappa shape index (κ1) is 6.68. The summed E-state index contributed by atoms with van der Waals surface area (Å²) in [5.74, 6) is 0. The Balaban J connectivity index is 2.28. The Morgan fingerprint density at radius 2 is 2.09 bits per heavy atom. The lowest BCUT2D eigenvalue weighted by Gasteiger charge is -2.35. The zero-order valence-electron chi connectivity index (χ0n) is 6.67. The van der Waals surface area contributed by atoms with E-state index in [-0.39, 0.29) is 0 Å². The van der Waals surface area contributed by atoms with Crippen molar-refractivity contribution in [3.05, 3.63) is 29.8 Å². The molecular formula is C9H12N2. The number of rotatable bonds is 1. The average Bonchev–Trinajstić information content (AvgIpc) is 1.90. The van der Waals surface area contributed by atoms with E-state index in [9.17, 15) is 0 Å². The number of anilines is 1. The molecule has 11 heavy (non-hydrogen) atoms. The smallest absolute Gasteiger partial charge is 0.0549 e. The highest BCUT2D eigenvalue weighted by atomic mass is 15.6. The second kappa shape index (κ2) is 2.55. The molecule has 1 saturated heterocycles. The van der Waals surface area contributed by atoms with E-state index in [4.69, 9.17) is 0 Å². The van der Waals surface area contributed by atoms with Crippen molar-refractivity contribution in [2.24, 2.45) is 0 Å². The summed E-state index contributed by atoms with van der Waals surface area (Å²) in [7, 11) is 0. The number of hydrazine groups is 1. The molecule has 1 aliphatic rings. The van der Waals surface area contributed by atoms with Gasteiger partial charge in [0.05, 0.1) is 5.69 Å². The molecule has 1 N–H and O–H groups in total. The van der Waals surface area contributed by atoms with Crippen LogP contribution in [0.25, 0.3) is 0 Å². The van der Waals surface area contributed by atoms with Gasteiger partial charge >= 0.3 is 0 Å². The van der Waals surface area contributed by atoms with Crippen molar-refractivity contribution in [1.82, 2.24) is 5.43 Å². The molecular weight excluding hydrogens is 136 g/mol. The Morgan fingerprint density at radius 1 is 1.36 bits per heavy atom. The van der Waals surface area contributed by atoms with Gasteiger partial charge in [0.15, 0.2) is 0 Å². The maximum absolute atomic E-state index is 3.24. The highest BCUT2D eigenvalue weighted by Gasteiger charge is 2.14. The fourth-order valence-corrected chi connectivity index (χ4v) is 1.30. The molecule has 0 saturated carbocycles. The van der Waals surface area contributed by atoms with Crippen molar-refractivity contribution in [1.29, 1.82) is 0 Å². The molecule has 1 fully saturated rings. The minimum atomic E-state index is 1.11. The Labute approximate surface area is 66.8 Å². The second-order valence-electron chi connectivity index (χ2n) is 2.85. The van der Waals surface area contributed by atoms with Gasteiger partial charge in [-0.15, -0.1) is 0 Å². The number of hydrogen-bond donors (Lipinski definition) is 1. The van der Waals surface area contributed by atoms with Crippen LogP contribution in [-0.2, 0) is 0 Å². The molecule has 1 heterocycles. The Hall–Kier alpha value is -1.02. The number of benzene rings is 1. The minimum Gasteiger partial charge on any atom is -0.307 e. The summed E-state index contributed by atoms with van der Waals surface area (Å²) in [6.45, 7) is 4.37. The highest BCUT2D eigenvalue weighted by molar-refractivity contribution is 5.53. The molecule has 0 atom stereocenters. The average molecular weight is 148 g/mol. The zero-order chi connectivity index (χ0) is 7.68. The first-order valence-corrected chi connectivity index (χ1v) is 3.94. The van der Waals surface area contributed by atoms with Crippen LogP contribution in [0.1, 0.15) is 5.56 Å². The van der Waals surface area contributed by atoms with Crippen LogP contribution in [0.3, 0.4) is 0 Å². The molecule has 2 rings (SSSR count). The number of aryl methyl sites for hydroxylation is 1. The van der Waals surface area contributed by atoms with E-state index in [0.717, 1.165) is 13.1 Å². The summed E-state index contributed by atoms with van der Waals surface area (Å²) >= 11 is 0. The normalized spacial score (nSPS) is 16.3. The molecule has 1 aromatic carbocycles. The fraction of sp³-hybridized carbons (Fsp3) is 0.333. The molecule has 0 amide bonds. The van der Waals surface area contributed by atoms with E-state index in [1.165, 1.54) is 11.3 Å². The predicted octanol–water partition coefficient (Wildman–Crippen LogP) is 1.32. The first-order valence-electron chi connectivity index (χ1n) is 3.94. The molecule has 1 aromatic rings. The van der Waals surface area contributed by atoms with E-state index in [1.807, 2.05) is 0 Å². The van der Waals surface area contributed by atoms with Gasteiger partial charge in [-0.05, 0) is 18.6 Å². The maximum Gasteiger partial charge on any atom is 0.0549 e. The van der Waals surface area contributed by atoms with E-state index in [2.05, 4.69) is 41.6 Å². The van der Waals surface area contributed by atoms with Gasteiger partial charge in [-0.1, -0.05) is 18.2 Å². The SMILES string of the molecule is Cc1ccccc1N1CCN1. The fourth-order valence-electron chi connectivity index (χ4n) is 1.30. The minimum absolute atomic E-state index is 1.11. The van der Waals surface area contributed by atoms with Gasteiger partial charge in [-0.25, -0.2) is 5.43 Å². The molecule has 1 aliphatic heterocycles. The van der Waals surface area contributed by atoms with Crippen molar-refractivity contribution >= 4 is 5.69 Å². The van der Waals surface area contributed by atoms with Crippen molar-refractivity contribution in [3.63, 3.8) is 0 Å². The van der Waals surface area contributed by atoms with Crippen LogP contribution in [0.15, 0.2) is 24.3 Å². The van der Waals surface area contributed by atoms with Gasteiger partial charge in [0.1, 0.15) is 0 Å². The van der Waals surface area contributed by atoms with Crippen molar-refractivity contribution in [3.8, 4) is 0 Å². The molecule has 2 heteroatoms. The quantitative estimate of drug-likeness (QED) is 0.646. The van der Waals surface area contributed by atoms with Gasteiger partial charge < -0.3 is 5.01 Å². The van der Waals surface area contributed by atoms with Crippen LogP contribution in [0.2, 0.25) is 0 Å². The monoisotopic (exact) mass is 148 g/mol. The van der Waals surface area contributed by atoms with E-state index < -0.39 is 0 Å². The molecule has 0 spiro atoms. The Kier molecular flexibility index (Phi) is 1.55. The second-order valence-corrected chi connectivity index (χ2v) is 2.85. The topological polar surface area (TPSA) is 15.3 Å². The summed E-state index contributed by atoms with van der Waals surface area (Å²) < 4.78 is 0. The maximum atomic E-state index is 3.24. The van der Waals surface area contributed by atoms with E-state index in [1.54, 1.807) is 0 Å². The van der Waals surface area contributed by atoms with Crippen LogP contribution in [0, 0.1) is 6.92 Å². The molecule has 2 nitrogen and oxygen atoms in total. The number of nitrogens with one attached hydrogen (secondary N) is 1. The van der Waals surface area contributed by atoms with Gasteiger partial charge in [0, 0.05) is 13.1 Å². The van der Waals surface area contributed by atoms with Crippen molar-refractivity contribution in [2.45, 2.75) is 6.92 Å². The summed E-state index contributed by atoms with van der Waals surface area (Å²) in [6.07, 6.45) is 0. The lowest BCUT2D eigenvalue weighted by atomic mass is 10.2. The summed E-state index contributed by atoms with van der Waals surface area (Å²) in [6, 6.07) is 8.41. The van der Waals surface area contributed by atoms with Crippen LogP contribution < -0.4 is 10.4 Å². The molecule has 0 radical (unpaired) electrons. The summed E-state index contributed by atoms with van der Waals surface area (Å²) in [4.78, 5) is 0. The predicted molar refractivity (Wildman–Crippen MR) is 46.5 cm³/mol. The molecule has 0 aliphatic carbocycles. The van der Waals surface area contributed by atoms with Crippen LogP contribution in [0.4, 0.5) is 5.69 Å². The third-order valence-electron chi connectivity index (χ3n) is 2.04. The number of nitrogens with zero attached hydrogens (tertiary/aromatic N) is 1. The highest BCUT2D eigenvalue weighted by Crippen LogP contribution is 2.19. The van der Waals surface area contributed by atoms with Crippen LogP contribution >= 0.6 is 0 Å². The number of hydrogen-bond acceptors (Lipinski definition) is 2.